The zero-order valence-corrected chi connectivity index (χ0v) is 13.1. The number of rotatable bonds is 7. The molecular formula is C14H29ClN2O2. The molecule has 19 heavy (non-hydrogen) atoms. The van der Waals surface area contributed by atoms with Gasteiger partial charge in [-0.3, -0.25) is 4.79 Å². The van der Waals surface area contributed by atoms with Crippen LogP contribution in [0, 0.1) is 0 Å². The smallest absolute Gasteiger partial charge is 0.239 e. The Morgan fingerprint density at radius 2 is 2.00 bits per heavy atom. The summed E-state index contributed by atoms with van der Waals surface area (Å²) in [6.07, 6.45) is 8.23. The maximum atomic E-state index is 11.8. The largest absolute Gasteiger partial charge is 0.376 e. The summed E-state index contributed by atoms with van der Waals surface area (Å²) in [5.41, 5.74) is 5.19. The van der Waals surface area contributed by atoms with Crippen LogP contribution in [0.5, 0.6) is 0 Å². The number of ether oxygens (including phenoxy) is 1. The third-order valence-corrected chi connectivity index (χ3v) is 3.58. The number of hydrogen-bond acceptors (Lipinski definition) is 3. The lowest BCUT2D eigenvalue weighted by Crippen LogP contribution is -2.52. The van der Waals surface area contributed by atoms with Crippen LogP contribution in [0.15, 0.2) is 0 Å². The van der Waals surface area contributed by atoms with Crippen molar-refractivity contribution >= 4 is 18.3 Å². The van der Waals surface area contributed by atoms with Gasteiger partial charge in [-0.25, -0.2) is 0 Å². The van der Waals surface area contributed by atoms with E-state index in [1.54, 1.807) is 6.92 Å². The predicted molar refractivity (Wildman–Crippen MR) is 80.6 cm³/mol. The van der Waals surface area contributed by atoms with E-state index in [-0.39, 0.29) is 18.3 Å². The lowest BCUT2D eigenvalue weighted by atomic mass is 9.96. The summed E-state index contributed by atoms with van der Waals surface area (Å²) >= 11 is 0. The van der Waals surface area contributed by atoms with Crippen molar-refractivity contribution in [2.24, 2.45) is 5.73 Å². The maximum Gasteiger partial charge on any atom is 0.239 e. The molecule has 1 fully saturated rings. The van der Waals surface area contributed by atoms with E-state index in [4.69, 9.17) is 10.5 Å². The number of nitrogens with one attached hydrogen (secondary N) is 1. The zero-order valence-electron chi connectivity index (χ0n) is 12.2. The molecule has 0 heterocycles. The zero-order chi connectivity index (χ0) is 13.4. The van der Waals surface area contributed by atoms with Gasteiger partial charge >= 0.3 is 0 Å². The summed E-state index contributed by atoms with van der Waals surface area (Å²) in [7, 11) is 0. The van der Waals surface area contributed by atoms with E-state index >= 15 is 0 Å². The van der Waals surface area contributed by atoms with Gasteiger partial charge in [0.25, 0.3) is 0 Å². The van der Waals surface area contributed by atoms with Gasteiger partial charge in [0.05, 0.1) is 18.2 Å². The third kappa shape index (κ3) is 7.14. The molecule has 1 unspecified atom stereocenters. The molecule has 0 aromatic carbocycles. The number of carbonyl (C=O) groups excluding carboxylic acids is 1. The minimum Gasteiger partial charge on any atom is -0.376 e. The molecule has 1 saturated carbocycles. The normalized spacial score (nSPS) is 19.3. The number of nitrogens with two attached hydrogens (primary N) is 1. The minimum absolute atomic E-state index is 0. The second-order valence-corrected chi connectivity index (χ2v) is 5.55. The fourth-order valence-electron chi connectivity index (χ4n) is 2.46. The van der Waals surface area contributed by atoms with Crippen molar-refractivity contribution in [2.45, 2.75) is 70.4 Å². The molecule has 1 amide bonds. The van der Waals surface area contributed by atoms with Crippen molar-refractivity contribution in [2.75, 3.05) is 13.2 Å². The molecule has 3 N–H and O–H groups in total. The molecular weight excluding hydrogens is 264 g/mol. The summed E-state index contributed by atoms with van der Waals surface area (Å²) in [4.78, 5) is 11.8. The van der Waals surface area contributed by atoms with Crippen LogP contribution in [0.4, 0.5) is 0 Å². The molecule has 1 rings (SSSR count). The SMILES string of the molecule is CCCC(C)(N)C(=O)NCCOC1CCCCC1.Cl. The van der Waals surface area contributed by atoms with E-state index in [0.29, 0.717) is 25.7 Å². The number of hydrogen-bond donors (Lipinski definition) is 2. The molecule has 0 aromatic rings. The highest BCUT2D eigenvalue weighted by Gasteiger charge is 2.26. The van der Waals surface area contributed by atoms with Crippen LogP contribution < -0.4 is 11.1 Å². The predicted octanol–water partition coefficient (Wildman–Crippen LogP) is 2.39. The Kier molecular flexibility index (Phi) is 9.40. The first-order valence-electron chi connectivity index (χ1n) is 7.25. The molecule has 0 radical (unpaired) electrons. The number of carbonyl (C=O) groups is 1. The molecule has 0 aromatic heterocycles. The lowest BCUT2D eigenvalue weighted by molar-refractivity contribution is -0.126. The van der Waals surface area contributed by atoms with Gasteiger partial charge in [-0.1, -0.05) is 32.6 Å². The molecule has 1 aliphatic rings. The van der Waals surface area contributed by atoms with Crippen LogP contribution in [0.3, 0.4) is 0 Å². The topological polar surface area (TPSA) is 64.4 Å². The third-order valence-electron chi connectivity index (χ3n) is 3.58. The van der Waals surface area contributed by atoms with Crippen LogP contribution >= 0.6 is 12.4 Å². The van der Waals surface area contributed by atoms with Crippen molar-refractivity contribution in [3.63, 3.8) is 0 Å². The van der Waals surface area contributed by atoms with Crippen LogP contribution in [0.1, 0.15) is 58.8 Å². The Hall–Kier alpha value is -0.320. The monoisotopic (exact) mass is 292 g/mol. The maximum absolute atomic E-state index is 11.8. The van der Waals surface area contributed by atoms with Crippen molar-refractivity contribution < 1.29 is 9.53 Å². The van der Waals surface area contributed by atoms with E-state index in [9.17, 15) is 4.79 Å². The fourth-order valence-corrected chi connectivity index (χ4v) is 2.46. The van der Waals surface area contributed by atoms with E-state index in [1.165, 1.54) is 32.1 Å². The van der Waals surface area contributed by atoms with Gasteiger partial charge in [0.2, 0.25) is 5.91 Å². The standard InChI is InChI=1S/C14H28N2O2.ClH/c1-3-9-14(2,15)13(17)16-10-11-18-12-7-5-4-6-8-12;/h12H,3-11,15H2,1-2H3,(H,16,17);1H. The van der Waals surface area contributed by atoms with Crippen molar-refractivity contribution in [3.05, 3.63) is 0 Å². The average Bonchev–Trinajstić information content (AvgIpc) is 2.35. The molecule has 114 valence electrons. The Morgan fingerprint density at radius 3 is 2.58 bits per heavy atom. The highest BCUT2D eigenvalue weighted by Crippen LogP contribution is 2.19. The van der Waals surface area contributed by atoms with Crippen molar-refractivity contribution in [3.8, 4) is 0 Å². The first-order valence-corrected chi connectivity index (χ1v) is 7.25. The summed E-state index contributed by atoms with van der Waals surface area (Å²) in [5, 5.41) is 2.86. The van der Waals surface area contributed by atoms with Crippen LogP contribution in [0.2, 0.25) is 0 Å². The first-order chi connectivity index (χ1) is 8.56. The molecule has 4 nitrogen and oxygen atoms in total. The minimum atomic E-state index is -0.750. The summed E-state index contributed by atoms with van der Waals surface area (Å²) < 4.78 is 5.75. The number of halogens is 1. The quantitative estimate of drug-likeness (QED) is 0.708. The van der Waals surface area contributed by atoms with Crippen LogP contribution in [-0.2, 0) is 9.53 Å². The molecule has 0 bridgehead atoms. The molecule has 1 atom stereocenters. The molecule has 0 aliphatic heterocycles. The molecule has 0 spiro atoms. The Bertz CT molecular complexity index is 254. The fraction of sp³-hybridized carbons (Fsp3) is 0.929. The van der Waals surface area contributed by atoms with Gasteiger partial charge in [-0.15, -0.1) is 12.4 Å². The Labute approximate surface area is 123 Å². The summed E-state index contributed by atoms with van der Waals surface area (Å²) in [6, 6.07) is 0. The number of amides is 1. The average molecular weight is 293 g/mol. The highest BCUT2D eigenvalue weighted by molar-refractivity contribution is 5.85. The summed E-state index contributed by atoms with van der Waals surface area (Å²) in [6.45, 7) is 4.98. The molecule has 0 saturated heterocycles. The van der Waals surface area contributed by atoms with Gasteiger partial charge in [-0.05, 0) is 26.2 Å². The van der Waals surface area contributed by atoms with E-state index in [2.05, 4.69) is 5.32 Å². The van der Waals surface area contributed by atoms with Crippen LogP contribution in [0.25, 0.3) is 0 Å². The second kappa shape index (κ2) is 9.56. The van der Waals surface area contributed by atoms with Gasteiger partial charge in [0.15, 0.2) is 0 Å². The second-order valence-electron chi connectivity index (χ2n) is 5.55. The summed E-state index contributed by atoms with van der Waals surface area (Å²) in [5.74, 6) is -0.0726. The Balaban J connectivity index is 0.00000324. The Morgan fingerprint density at radius 1 is 1.37 bits per heavy atom. The van der Waals surface area contributed by atoms with Gasteiger partial charge < -0.3 is 15.8 Å². The van der Waals surface area contributed by atoms with Crippen molar-refractivity contribution in [1.29, 1.82) is 0 Å². The van der Waals surface area contributed by atoms with E-state index in [0.717, 1.165) is 6.42 Å². The first kappa shape index (κ1) is 18.7. The van der Waals surface area contributed by atoms with Crippen LogP contribution in [-0.4, -0.2) is 30.7 Å². The van der Waals surface area contributed by atoms with E-state index < -0.39 is 5.54 Å². The lowest BCUT2D eigenvalue weighted by Gasteiger charge is -2.24. The van der Waals surface area contributed by atoms with Gasteiger partial charge in [0.1, 0.15) is 0 Å². The van der Waals surface area contributed by atoms with E-state index in [1.807, 2.05) is 6.92 Å². The van der Waals surface area contributed by atoms with Gasteiger partial charge in [-0.2, -0.15) is 0 Å². The highest BCUT2D eigenvalue weighted by atomic mass is 35.5. The molecule has 5 heteroatoms. The molecule has 1 aliphatic carbocycles. The van der Waals surface area contributed by atoms with Gasteiger partial charge in [0, 0.05) is 6.54 Å². The van der Waals surface area contributed by atoms with Crippen molar-refractivity contribution in [1.82, 2.24) is 5.32 Å².